The second kappa shape index (κ2) is 8.05. The van der Waals surface area contributed by atoms with Crippen LogP contribution in [0, 0.1) is 13.8 Å². The van der Waals surface area contributed by atoms with E-state index >= 15 is 0 Å². The fourth-order valence-electron chi connectivity index (χ4n) is 3.02. The van der Waals surface area contributed by atoms with Gasteiger partial charge in [-0.3, -0.25) is 4.98 Å². The lowest BCUT2D eigenvalue weighted by molar-refractivity contribution is 0.448. The topological polar surface area (TPSA) is 53.4 Å². The molecular weight excluding hydrogens is 322 g/mol. The summed E-state index contributed by atoms with van der Waals surface area (Å²) in [6, 6.07) is 15.8. The number of hydrogen-bond donors (Lipinski definition) is 2. The van der Waals surface area contributed by atoms with E-state index in [1.807, 2.05) is 19.2 Å². The van der Waals surface area contributed by atoms with E-state index < -0.39 is 0 Å². The molecule has 0 radical (unpaired) electrons. The normalized spacial score (nSPS) is 10.8. The van der Waals surface area contributed by atoms with Crippen molar-refractivity contribution in [2.45, 2.75) is 39.5 Å². The molecule has 3 heteroatoms. The summed E-state index contributed by atoms with van der Waals surface area (Å²) in [6.07, 6.45) is 4.85. The molecule has 0 aliphatic carbocycles. The molecule has 134 valence electrons. The summed E-state index contributed by atoms with van der Waals surface area (Å²) in [5.74, 6) is 0.508. The first kappa shape index (κ1) is 18.0. The summed E-state index contributed by atoms with van der Waals surface area (Å²) in [5, 5.41) is 20.7. The molecule has 3 aromatic rings. The Bertz CT molecular complexity index is 793. The smallest absolute Gasteiger partial charge is 0.119 e. The number of aryl methyl sites for hydroxylation is 6. The van der Waals surface area contributed by atoms with Crippen LogP contribution in [-0.4, -0.2) is 15.2 Å². The quantitative estimate of drug-likeness (QED) is 0.637. The van der Waals surface area contributed by atoms with Crippen LogP contribution in [0.2, 0.25) is 0 Å². The predicted octanol–water partition coefficient (Wildman–Crippen LogP) is 4.68. The van der Waals surface area contributed by atoms with Crippen LogP contribution < -0.4 is 0 Å². The molecule has 2 aromatic carbocycles. The molecule has 0 bridgehead atoms. The number of phenols is 2. The van der Waals surface area contributed by atoms with Crippen molar-refractivity contribution in [3.63, 3.8) is 0 Å². The molecule has 2 N–H and O–H groups in total. The van der Waals surface area contributed by atoms with Crippen LogP contribution in [0.5, 0.6) is 11.5 Å². The van der Waals surface area contributed by atoms with Crippen molar-refractivity contribution in [1.82, 2.24) is 4.98 Å². The second-order valence-electron chi connectivity index (χ2n) is 6.90. The van der Waals surface area contributed by atoms with Gasteiger partial charge in [-0.1, -0.05) is 35.9 Å². The van der Waals surface area contributed by atoms with E-state index in [9.17, 15) is 10.2 Å². The minimum atomic E-state index is 0.252. The van der Waals surface area contributed by atoms with E-state index in [1.165, 1.54) is 11.1 Å². The van der Waals surface area contributed by atoms with Crippen LogP contribution in [0.4, 0.5) is 0 Å². The molecule has 0 saturated carbocycles. The molecule has 3 nitrogen and oxygen atoms in total. The van der Waals surface area contributed by atoms with Crippen LogP contribution in [-0.2, 0) is 25.7 Å². The van der Waals surface area contributed by atoms with Gasteiger partial charge in [0, 0.05) is 11.9 Å². The first-order chi connectivity index (χ1) is 12.5. The van der Waals surface area contributed by atoms with Crippen molar-refractivity contribution in [1.29, 1.82) is 0 Å². The lowest BCUT2D eigenvalue weighted by atomic mass is 9.98. The Kier molecular flexibility index (Phi) is 5.57. The largest absolute Gasteiger partial charge is 0.508 e. The summed E-state index contributed by atoms with van der Waals surface area (Å²) < 4.78 is 0. The molecule has 1 heterocycles. The van der Waals surface area contributed by atoms with Crippen LogP contribution in [0.25, 0.3) is 0 Å². The number of pyridine rings is 1. The van der Waals surface area contributed by atoms with Gasteiger partial charge in [0.05, 0.1) is 0 Å². The van der Waals surface area contributed by atoms with Crippen molar-refractivity contribution in [3.05, 3.63) is 88.2 Å². The van der Waals surface area contributed by atoms with E-state index in [2.05, 4.69) is 42.2 Å². The number of nitrogens with zero attached hydrogens (tertiary/aromatic N) is 1. The van der Waals surface area contributed by atoms with E-state index in [0.717, 1.165) is 35.2 Å². The van der Waals surface area contributed by atoms with Gasteiger partial charge >= 0.3 is 0 Å². The second-order valence-corrected chi connectivity index (χ2v) is 6.90. The fraction of sp³-hybridized carbons (Fsp3) is 0.261. The van der Waals surface area contributed by atoms with Crippen LogP contribution in [0.3, 0.4) is 0 Å². The average molecular weight is 347 g/mol. The number of aromatic nitrogens is 1. The first-order valence-electron chi connectivity index (χ1n) is 9.02. The van der Waals surface area contributed by atoms with Gasteiger partial charge in [-0.2, -0.15) is 0 Å². The minimum Gasteiger partial charge on any atom is -0.508 e. The third kappa shape index (κ3) is 4.63. The molecule has 26 heavy (non-hydrogen) atoms. The van der Waals surface area contributed by atoms with Gasteiger partial charge in [0.25, 0.3) is 0 Å². The Balaban J connectivity index is 1.65. The van der Waals surface area contributed by atoms with E-state index in [-0.39, 0.29) is 11.5 Å². The number of benzene rings is 2. The third-order valence-corrected chi connectivity index (χ3v) is 4.74. The van der Waals surface area contributed by atoms with Crippen LogP contribution in [0.1, 0.15) is 33.5 Å². The average Bonchev–Trinajstić information content (AvgIpc) is 2.63. The highest BCUT2D eigenvalue weighted by molar-refractivity contribution is 5.46. The van der Waals surface area contributed by atoms with Crippen LogP contribution in [0.15, 0.2) is 54.7 Å². The molecular formula is C23H25NO2. The summed E-state index contributed by atoms with van der Waals surface area (Å²) >= 11 is 0. The van der Waals surface area contributed by atoms with E-state index in [4.69, 9.17) is 0 Å². The molecule has 0 aliphatic heterocycles. The van der Waals surface area contributed by atoms with Crippen molar-refractivity contribution < 1.29 is 10.2 Å². The number of phenolic OH excluding ortho intramolecular Hbond substituents is 2. The third-order valence-electron chi connectivity index (χ3n) is 4.74. The molecule has 0 aliphatic rings. The lowest BCUT2D eigenvalue weighted by Crippen LogP contribution is -1.97. The van der Waals surface area contributed by atoms with Crippen molar-refractivity contribution in [2.75, 3.05) is 0 Å². The summed E-state index contributed by atoms with van der Waals surface area (Å²) in [7, 11) is 0. The van der Waals surface area contributed by atoms with Gasteiger partial charge in [0.15, 0.2) is 0 Å². The fourth-order valence-corrected chi connectivity index (χ4v) is 3.02. The standard InChI is InChI=1S/C23H25NO2/c1-16-3-6-18(7-4-16)9-11-20-13-23(26)21(14-22(20)25)12-10-19-8-5-17(2)24-15-19/h3-8,13-15,25-26H,9-12H2,1-2H3. The summed E-state index contributed by atoms with van der Waals surface area (Å²) in [5.41, 5.74) is 6.13. The molecule has 0 spiro atoms. The highest BCUT2D eigenvalue weighted by atomic mass is 16.3. The molecule has 0 saturated heterocycles. The molecule has 0 fully saturated rings. The Hall–Kier alpha value is -2.81. The molecule has 0 atom stereocenters. The molecule has 0 amide bonds. The Morgan fingerprint density at radius 2 is 1.23 bits per heavy atom. The van der Waals surface area contributed by atoms with Crippen molar-refractivity contribution >= 4 is 0 Å². The zero-order valence-electron chi connectivity index (χ0n) is 15.4. The Morgan fingerprint density at radius 3 is 1.77 bits per heavy atom. The van der Waals surface area contributed by atoms with Crippen molar-refractivity contribution in [2.24, 2.45) is 0 Å². The monoisotopic (exact) mass is 347 g/mol. The van der Waals surface area contributed by atoms with E-state index in [0.29, 0.717) is 12.8 Å². The Morgan fingerprint density at radius 1 is 0.692 bits per heavy atom. The predicted molar refractivity (Wildman–Crippen MR) is 105 cm³/mol. The zero-order chi connectivity index (χ0) is 18.5. The van der Waals surface area contributed by atoms with Crippen molar-refractivity contribution in [3.8, 4) is 11.5 Å². The maximum absolute atomic E-state index is 10.3. The van der Waals surface area contributed by atoms with Crippen LogP contribution >= 0.6 is 0 Å². The number of hydrogen-bond acceptors (Lipinski definition) is 3. The molecule has 1 aromatic heterocycles. The van der Waals surface area contributed by atoms with Gasteiger partial charge in [-0.25, -0.2) is 0 Å². The van der Waals surface area contributed by atoms with Gasteiger partial charge in [-0.05, 0) is 80.0 Å². The first-order valence-corrected chi connectivity index (χ1v) is 9.02. The van der Waals surface area contributed by atoms with E-state index in [1.54, 1.807) is 12.1 Å². The Labute approximate surface area is 155 Å². The maximum atomic E-state index is 10.3. The highest BCUT2D eigenvalue weighted by Gasteiger charge is 2.09. The SMILES string of the molecule is Cc1ccc(CCc2cc(O)c(CCc3ccc(C)nc3)cc2O)cc1. The minimum absolute atomic E-state index is 0.252. The number of aromatic hydroxyl groups is 2. The van der Waals surface area contributed by atoms with Gasteiger partial charge in [0.1, 0.15) is 11.5 Å². The molecule has 3 rings (SSSR count). The summed E-state index contributed by atoms with van der Waals surface area (Å²) in [4.78, 5) is 4.29. The van der Waals surface area contributed by atoms with Gasteiger partial charge in [0.2, 0.25) is 0 Å². The maximum Gasteiger partial charge on any atom is 0.119 e. The van der Waals surface area contributed by atoms with Gasteiger partial charge < -0.3 is 10.2 Å². The number of rotatable bonds is 6. The lowest BCUT2D eigenvalue weighted by Gasteiger charge is -2.11. The zero-order valence-corrected chi connectivity index (χ0v) is 15.4. The van der Waals surface area contributed by atoms with Gasteiger partial charge in [-0.15, -0.1) is 0 Å². The highest BCUT2D eigenvalue weighted by Crippen LogP contribution is 2.29. The summed E-state index contributed by atoms with van der Waals surface area (Å²) in [6.45, 7) is 4.03. The molecule has 0 unspecified atom stereocenters.